The van der Waals surface area contributed by atoms with Gasteiger partial charge < -0.3 is 5.11 Å². The van der Waals surface area contributed by atoms with Gasteiger partial charge >= 0.3 is 6.18 Å². The minimum absolute atomic E-state index is 0.104. The molecular formula is C10H10BrF3O. The average molecular weight is 283 g/mol. The number of benzene rings is 1. The molecule has 1 aromatic rings. The quantitative estimate of drug-likeness (QED) is 0.879. The molecule has 1 aromatic carbocycles. The zero-order valence-corrected chi connectivity index (χ0v) is 9.56. The Labute approximate surface area is 94.0 Å². The molecule has 0 heterocycles. The van der Waals surface area contributed by atoms with E-state index in [2.05, 4.69) is 15.9 Å². The van der Waals surface area contributed by atoms with Crippen molar-refractivity contribution in [3.05, 3.63) is 33.8 Å². The molecule has 0 spiro atoms. The lowest BCUT2D eigenvalue weighted by atomic mass is 9.96. The van der Waals surface area contributed by atoms with E-state index in [9.17, 15) is 13.2 Å². The standard InChI is InChI=1S/C10H10BrF3O/c1-6(5-15)9-7(10(12,13)14)3-2-4-8(9)11/h2-4,6,15H,5H2,1H3. The van der Waals surface area contributed by atoms with Gasteiger partial charge in [-0.3, -0.25) is 0 Å². The summed E-state index contributed by atoms with van der Waals surface area (Å²) in [4.78, 5) is 0. The van der Waals surface area contributed by atoms with Crippen molar-refractivity contribution in [3.8, 4) is 0 Å². The van der Waals surface area contributed by atoms with Gasteiger partial charge in [0.15, 0.2) is 0 Å². The molecular weight excluding hydrogens is 273 g/mol. The molecule has 0 amide bonds. The highest BCUT2D eigenvalue weighted by Gasteiger charge is 2.35. The first-order valence-corrected chi connectivity index (χ1v) is 5.13. The minimum atomic E-state index is -4.39. The zero-order chi connectivity index (χ0) is 11.6. The van der Waals surface area contributed by atoms with Gasteiger partial charge in [0, 0.05) is 17.0 Å². The zero-order valence-electron chi connectivity index (χ0n) is 7.98. The van der Waals surface area contributed by atoms with E-state index in [1.807, 2.05) is 0 Å². The van der Waals surface area contributed by atoms with Crippen molar-refractivity contribution in [3.63, 3.8) is 0 Å². The van der Waals surface area contributed by atoms with E-state index in [0.29, 0.717) is 4.47 Å². The third kappa shape index (κ3) is 2.72. The Bertz CT molecular complexity index is 349. The van der Waals surface area contributed by atoms with Gasteiger partial charge in [-0.25, -0.2) is 0 Å². The highest BCUT2D eigenvalue weighted by molar-refractivity contribution is 9.10. The number of hydrogen-bond acceptors (Lipinski definition) is 1. The number of alkyl halides is 3. The second-order valence-electron chi connectivity index (χ2n) is 3.28. The Hall–Kier alpha value is -0.550. The van der Waals surface area contributed by atoms with E-state index >= 15 is 0 Å². The molecule has 0 aromatic heterocycles. The molecule has 1 nitrogen and oxygen atoms in total. The summed E-state index contributed by atoms with van der Waals surface area (Å²) in [6.07, 6.45) is -4.39. The van der Waals surface area contributed by atoms with Crippen LogP contribution in [0.3, 0.4) is 0 Å². The molecule has 0 bridgehead atoms. The lowest BCUT2D eigenvalue weighted by molar-refractivity contribution is -0.138. The van der Waals surface area contributed by atoms with Gasteiger partial charge in [0.1, 0.15) is 0 Å². The van der Waals surface area contributed by atoms with E-state index in [0.717, 1.165) is 6.07 Å². The van der Waals surface area contributed by atoms with Crippen molar-refractivity contribution in [2.24, 2.45) is 0 Å². The van der Waals surface area contributed by atoms with Gasteiger partial charge in [-0.05, 0) is 17.7 Å². The Morgan fingerprint density at radius 3 is 2.47 bits per heavy atom. The van der Waals surface area contributed by atoms with Gasteiger partial charge in [0.25, 0.3) is 0 Å². The predicted octanol–water partition coefficient (Wildman–Crippen LogP) is 3.56. The lowest BCUT2D eigenvalue weighted by Crippen LogP contribution is -2.13. The molecule has 0 aliphatic heterocycles. The van der Waals surface area contributed by atoms with Crippen LogP contribution in [0.2, 0.25) is 0 Å². The normalized spacial score (nSPS) is 14.0. The largest absolute Gasteiger partial charge is 0.416 e. The Morgan fingerprint density at radius 1 is 1.40 bits per heavy atom. The molecule has 84 valence electrons. The van der Waals surface area contributed by atoms with Gasteiger partial charge in [0.05, 0.1) is 5.56 Å². The summed E-state index contributed by atoms with van der Waals surface area (Å²) in [6.45, 7) is 1.24. The maximum Gasteiger partial charge on any atom is 0.416 e. The van der Waals surface area contributed by atoms with Crippen LogP contribution in [-0.4, -0.2) is 11.7 Å². The van der Waals surface area contributed by atoms with Crippen molar-refractivity contribution < 1.29 is 18.3 Å². The first kappa shape index (κ1) is 12.5. The summed E-state index contributed by atoms with van der Waals surface area (Å²) in [5, 5.41) is 8.91. The molecule has 1 rings (SSSR count). The second kappa shape index (κ2) is 4.53. The van der Waals surface area contributed by atoms with Crippen LogP contribution in [0.5, 0.6) is 0 Å². The van der Waals surface area contributed by atoms with Crippen LogP contribution < -0.4 is 0 Å². The van der Waals surface area contributed by atoms with Crippen molar-refractivity contribution >= 4 is 15.9 Å². The molecule has 0 fully saturated rings. The number of aliphatic hydroxyl groups excluding tert-OH is 1. The fourth-order valence-electron chi connectivity index (χ4n) is 1.38. The van der Waals surface area contributed by atoms with Crippen molar-refractivity contribution in [2.75, 3.05) is 6.61 Å². The van der Waals surface area contributed by atoms with Gasteiger partial charge in [-0.15, -0.1) is 0 Å². The SMILES string of the molecule is CC(CO)c1c(Br)cccc1C(F)(F)F. The number of aliphatic hydroxyl groups is 1. The first-order valence-electron chi connectivity index (χ1n) is 4.34. The maximum atomic E-state index is 12.6. The Morgan fingerprint density at radius 2 is 2.00 bits per heavy atom. The summed E-state index contributed by atoms with van der Waals surface area (Å²) in [6, 6.07) is 3.89. The molecule has 1 N–H and O–H groups in total. The molecule has 0 aliphatic carbocycles. The molecule has 0 radical (unpaired) electrons. The van der Waals surface area contributed by atoms with Gasteiger partial charge in [-0.2, -0.15) is 13.2 Å². The summed E-state index contributed by atoms with van der Waals surface area (Å²) in [5.41, 5.74) is -0.592. The minimum Gasteiger partial charge on any atom is -0.396 e. The van der Waals surface area contributed by atoms with Crippen LogP contribution >= 0.6 is 15.9 Å². The van der Waals surface area contributed by atoms with Crippen LogP contribution in [-0.2, 0) is 6.18 Å². The lowest BCUT2D eigenvalue weighted by Gasteiger charge is -2.18. The molecule has 15 heavy (non-hydrogen) atoms. The number of halogens is 4. The van der Waals surface area contributed by atoms with E-state index in [1.54, 1.807) is 6.92 Å². The number of hydrogen-bond donors (Lipinski definition) is 1. The monoisotopic (exact) mass is 282 g/mol. The van der Waals surface area contributed by atoms with Crippen LogP contribution in [0.4, 0.5) is 13.2 Å². The van der Waals surface area contributed by atoms with Crippen LogP contribution in [0.15, 0.2) is 22.7 Å². The number of rotatable bonds is 2. The van der Waals surface area contributed by atoms with Crippen LogP contribution in [0.1, 0.15) is 24.0 Å². The van der Waals surface area contributed by atoms with Gasteiger partial charge in [0.2, 0.25) is 0 Å². The van der Waals surface area contributed by atoms with Gasteiger partial charge in [-0.1, -0.05) is 28.9 Å². The molecule has 5 heteroatoms. The van der Waals surface area contributed by atoms with Crippen molar-refractivity contribution in [2.45, 2.75) is 19.0 Å². The smallest absolute Gasteiger partial charge is 0.396 e. The second-order valence-corrected chi connectivity index (χ2v) is 4.14. The fraction of sp³-hybridized carbons (Fsp3) is 0.400. The summed E-state index contributed by atoms with van der Waals surface area (Å²) in [7, 11) is 0. The van der Waals surface area contributed by atoms with E-state index in [-0.39, 0.29) is 12.2 Å². The van der Waals surface area contributed by atoms with E-state index in [4.69, 9.17) is 5.11 Å². The molecule has 0 aliphatic rings. The van der Waals surface area contributed by atoms with Crippen molar-refractivity contribution in [1.29, 1.82) is 0 Å². The summed E-state index contributed by atoms with van der Waals surface area (Å²) < 4.78 is 38.2. The summed E-state index contributed by atoms with van der Waals surface area (Å²) >= 11 is 3.07. The van der Waals surface area contributed by atoms with E-state index in [1.165, 1.54) is 12.1 Å². The first-order chi connectivity index (χ1) is 6.88. The molecule has 1 unspecified atom stereocenters. The molecule has 1 atom stereocenters. The molecule has 0 saturated heterocycles. The third-order valence-electron chi connectivity index (χ3n) is 2.12. The molecule has 0 saturated carbocycles. The highest BCUT2D eigenvalue weighted by atomic mass is 79.9. The Kier molecular flexibility index (Phi) is 3.78. The maximum absolute atomic E-state index is 12.6. The summed E-state index contributed by atoms with van der Waals surface area (Å²) in [5.74, 6) is -0.544. The fourth-order valence-corrected chi connectivity index (χ4v) is 2.13. The van der Waals surface area contributed by atoms with Crippen LogP contribution in [0.25, 0.3) is 0 Å². The van der Waals surface area contributed by atoms with Crippen molar-refractivity contribution in [1.82, 2.24) is 0 Å². The van der Waals surface area contributed by atoms with E-state index < -0.39 is 17.7 Å². The van der Waals surface area contributed by atoms with Crippen LogP contribution in [0, 0.1) is 0 Å². The highest BCUT2D eigenvalue weighted by Crippen LogP contribution is 2.38. The Balaban J connectivity index is 3.33. The predicted molar refractivity (Wildman–Crippen MR) is 54.6 cm³/mol. The topological polar surface area (TPSA) is 20.2 Å². The third-order valence-corrected chi connectivity index (χ3v) is 2.82. The average Bonchev–Trinajstić information content (AvgIpc) is 2.15.